The summed E-state index contributed by atoms with van der Waals surface area (Å²) in [4.78, 5) is 13.5. The molecule has 1 aromatic rings. The zero-order chi connectivity index (χ0) is 15.1. The number of nitriles is 1. The lowest BCUT2D eigenvalue weighted by molar-refractivity contribution is -0.132. The van der Waals surface area contributed by atoms with Crippen LogP contribution >= 0.6 is 0 Å². The predicted octanol–water partition coefficient (Wildman–Crippen LogP) is 2.21. The van der Waals surface area contributed by atoms with Gasteiger partial charge in [-0.05, 0) is 32.4 Å². The van der Waals surface area contributed by atoms with Crippen LogP contribution < -0.4 is 0 Å². The summed E-state index contributed by atoms with van der Waals surface area (Å²) in [5.74, 6) is -0.594. The van der Waals surface area contributed by atoms with E-state index in [2.05, 4.69) is 0 Å². The maximum atomic E-state index is 13.8. The molecule has 20 heavy (non-hydrogen) atoms. The molecule has 0 aliphatic rings. The fraction of sp³-hybridized carbons (Fsp3) is 0.467. The number of rotatable bonds is 6. The summed E-state index contributed by atoms with van der Waals surface area (Å²) in [6.45, 7) is 4.09. The average Bonchev–Trinajstić information content (AvgIpc) is 2.43. The summed E-state index contributed by atoms with van der Waals surface area (Å²) < 4.78 is 13.8. The molecule has 0 saturated heterocycles. The summed E-state index contributed by atoms with van der Waals surface area (Å²) in [6.07, 6.45) is 0.110. The largest absolute Gasteiger partial charge is 0.393 e. The molecule has 0 spiro atoms. The van der Waals surface area contributed by atoms with Crippen molar-refractivity contribution >= 4 is 5.91 Å². The molecule has 1 aromatic carbocycles. The van der Waals surface area contributed by atoms with E-state index in [1.165, 1.54) is 23.1 Å². The van der Waals surface area contributed by atoms with Crippen LogP contribution in [0.4, 0.5) is 4.39 Å². The number of nitrogens with zero attached hydrogens (tertiary/aromatic N) is 2. The van der Waals surface area contributed by atoms with Crippen molar-refractivity contribution in [3.8, 4) is 6.07 Å². The number of carbonyl (C=O) groups excluding carboxylic acids is 1. The molecule has 0 bridgehead atoms. The van der Waals surface area contributed by atoms with Crippen LogP contribution in [0.25, 0.3) is 0 Å². The van der Waals surface area contributed by atoms with Gasteiger partial charge in [0.1, 0.15) is 5.82 Å². The molecule has 0 aliphatic carbocycles. The van der Waals surface area contributed by atoms with Crippen molar-refractivity contribution in [1.82, 2.24) is 4.90 Å². The zero-order valence-corrected chi connectivity index (χ0v) is 11.8. The van der Waals surface area contributed by atoms with Crippen molar-refractivity contribution in [2.24, 2.45) is 0 Å². The normalized spacial score (nSPS) is 11.8. The van der Waals surface area contributed by atoms with Crippen molar-refractivity contribution in [3.63, 3.8) is 0 Å². The van der Waals surface area contributed by atoms with E-state index in [9.17, 15) is 14.3 Å². The number of hydrogen-bond donors (Lipinski definition) is 1. The fourth-order valence-corrected chi connectivity index (χ4v) is 1.82. The van der Waals surface area contributed by atoms with Crippen molar-refractivity contribution in [3.05, 3.63) is 35.1 Å². The van der Waals surface area contributed by atoms with Crippen LogP contribution in [0.1, 0.15) is 37.8 Å². The third-order valence-electron chi connectivity index (χ3n) is 3.05. The van der Waals surface area contributed by atoms with Gasteiger partial charge < -0.3 is 10.0 Å². The van der Waals surface area contributed by atoms with Gasteiger partial charge in [-0.3, -0.25) is 4.79 Å². The highest BCUT2D eigenvalue weighted by molar-refractivity contribution is 5.76. The Labute approximate surface area is 118 Å². The average molecular weight is 278 g/mol. The van der Waals surface area contributed by atoms with Gasteiger partial charge in [-0.25, -0.2) is 4.39 Å². The van der Waals surface area contributed by atoms with E-state index in [1.807, 2.05) is 13.0 Å². The summed E-state index contributed by atoms with van der Waals surface area (Å²) in [6, 6.07) is 6.10. The maximum absolute atomic E-state index is 13.8. The van der Waals surface area contributed by atoms with E-state index in [4.69, 9.17) is 5.26 Å². The molecule has 1 rings (SSSR count). The number of carbonyl (C=O) groups is 1. The number of amides is 1. The molecule has 0 heterocycles. The first-order valence-electron chi connectivity index (χ1n) is 6.62. The van der Waals surface area contributed by atoms with Gasteiger partial charge >= 0.3 is 0 Å². The van der Waals surface area contributed by atoms with Crippen molar-refractivity contribution < 1.29 is 14.3 Å². The summed E-state index contributed by atoms with van der Waals surface area (Å²) in [5.41, 5.74) is 0.644. The lowest BCUT2D eigenvalue weighted by atomic mass is 10.1. The van der Waals surface area contributed by atoms with Crippen molar-refractivity contribution in [1.29, 1.82) is 5.26 Å². The Morgan fingerprint density at radius 2 is 2.25 bits per heavy atom. The Balaban J connectivity index is 2.73. The molecule has 0 radical (unpaired) electrons. The Morgan fingerprint density at radius 1 is 1.55 bits per heavy atom. The van der Waals surface area contributed by atoms with E-state index < -0.39 is 11.9 Å². The first-order chi connectivity index (χ1) is 9.47. The predicted molar refractivity (Wildman–Crippen MR) is 73.1 cm³/mol. The van der Waals surface area contributed by atoms with E-state index in [0.29, 0.717) is 18.5 Å². The Kier molecular flexibility index (Phi) is 6.13. The number of halogens is 1. The fourth-order valence-electron chi connectivity index (χ4n) is 1.82. The smallest absolute Gasteiger partial charge is 0.222 e. The second-order valence-corrected chi connectivity index (χ2v) is 4.71. The third kappa shape index (κ3) is 4.63. The molecule has 5 heteroatoms. The molecule has 1 N–H and O–H groups in total. The van der Waals surface area contributed by atoms with Crippen LogP contribution in [0.2, 0.25) is 0 Å². The lowest BCUT2D eigenvalue weighted by Crippen LogP contribution is -2.31. The van der Waals surface area contributed by atoms with Crippen LogP contribution in [0.3, 0.4) is 0 Å². The third-order valence-corrected chi connectivity index (χ3v) is 3.05. The van der Waals surface area contributed by atoms with Gasteiger partial charge in [0.15, 0.2) is 0 Å². The molecule has 0 saturated carbocycles. The highest BCUT2D eigenvalue weighted by Crippen LogP contribution is 2.14. The molecular formula is C15H19FN2O2. The number of hydrogen-bond acceptors (Lipinski definition) is 3. The maximum Gasteiger partial charge on any atom is 0.222 e. The van der Waals surface area contributed by atoms with E-state index in [1.54, 1.807) is 6.92 Å². The van der Waals surface area contributed by atoms with Gasteiger partial charge in [0.05, 0.1) is 17.7 Å². The molecule has 0 aliphatic heterocycles. The minimum Gasteiger partial charge on any atom is -0.393 e. The van der Waals surface area contributed by atoms with Crippen LogP contribution in [-0.2, 0) is 11.3 Å². The monoisotopic (exact) mass is 278 g/mol. The van der Waals surface area contributed by atoms with Gasteiger partial charge in [0.2, 0.25) is 5.91 Å². The SMILES string of the molecule is CCN(Cc1ccc(C#N)cc1F)C(=O)CCC(C)O. The summed E-state index contributed by atoms with van der Waals surface area (Å²) >= 11 is 0. The Hall–Kier alpha value is -1.93. The minimum absolute atomic E-state index is 0.114. The van der Waals surface area contributed by atoms with Crippen molar-refractivity contribution in [2.45, 2.75) is 39.3 Å². The standard InChI is InChI=1S/C15H19FN2O2/c1-3-18(15(20)7-4-11(2)19)10-13-6-5-12(9-17)8-14(13)16/h5-6,8,11,19H,3-4,7,10H2,1-2H3. The van der Waals surface area contributed by atoms with Gasteiger partial charge in [-0.15, -0.1) is 0 Å². The second kappa shape index (κ2) is 7.61. The zero-order valence-electron chi connectivity index (χ0n) is 11.8. The highest BCUT2D eigenvalue weighted by Gasteiger charge is 2.15. The Bertz CT molecular complexity index is 509. The molecule has 1 amide bonds. The van der Waals surface area contributed by atoms with Gasteiger partial charge in [-0.1, -0.05) is 6.07 Å². The van der Waals surface area contributed by atoms with Gasteiger partial charge in [0.25, 0.3) is 0 Å². The first kappa shape index (κ1) is 16.1. The quantitative estimate of drug-likeness (QED) is 0.867. The summed E-state index contributed by atoms with van der Waals surface area (Å²) in [5, 5.41) is 17.9. The van der Waals surface area contributed by atoms with E-state index >= 15 is 0 Å². The molecule has 0 fully saturated rings. The van der Waals surface area contributed by atoms with Crippen LogP contribution in [0.15, 0.2) is 18.2 Å². The number of benzene rings is 1. The second-order valence-electron chi connectivity index (χ2n) is 4.71. The minimum atomic E-state index is -0.524. The highest BCUT2D eigenvalue weighted by atomic mass is 19.1. The Morgan fingerprint density at radius 3 is 2.75 bits per heavy atom. The molecule has 1 unspecified atom stereocenters. The molecule has 0 aromatic heterocycles. The van der Waals surface area contributed by atoms with Crippen LogP contribution in [0.5, 0.6) is 0 Å². The molecule has 108 valence electrons. The van der Waals surface area contributed by atoms with Gasteiger partial charge in [-0.2, -0.15) is 5.26 Å². The molecule has 4 nitrogen and oxygen atoms in total. The van der Waals surface area contributed by atoms with Crippen LogP contribution in [0, 0.1) is 17.1 Å². The van der Waals surface area contributed by atoms with Crippen LogP contribution in [-0.4, -0.2) is 28.6 Å². The van der Waals surface area contributed by atoms with Gasteiger partial charge in [0, 0.05) is 25.1 Å². The lowest BCUT2D eigenvalue weighted by Gasteiger charge is -2.21. The first-order valence-corrected chi connectivity index (χ1v) is 6.62. The van der Waals surface area contributed by atoms with Crippen molar-refractivity contribution in [2.75, 3.05) is 6.54 Å². The number of aliphatic hydroxyl groups is 1. The van der Waals surface area contributed by atoms with E-state index in [-0.39, 0.29) is 24.4 Å². The number of aliphatic hydroxyl groups excluding tert-OH is 1. The molecule has 1 atom stereocenters. The topological polar surface area (TPSA) is 64.3 Å². The van der Waals surface area contributed by atoms with E-state index in [0.717, 1.165) is 0 Å². The molecular weight excluding hydrogens is 259 g/mol. The summed E-state index contributed by atoms with van der Waals surface area (Å²) in [7, 11) is 0.